The summed E-state index contributed by atoms with van der Waals surface area (Å²) in [7, 11) is 3.52. The number of methoxy groups -OCH3 is 1. The topological polar surface area (TPSA) is 50.8 Å². The molecule has 5 nitrogen and oxygen atoms in total. The first-order valence-electron chi connectivity index (χ1n) is 7.13. The number of hydrogen-bond acceptors (Lipinski definition) is 4. The highest BCUT2D eigenvalue weighted by Crippen LogP contribution is 2.33. The van der Waals surface area contributed by atoms with E-state index >= 15 is 0 Å². The number of rotatable bonds is 5. The number of nitrogens with zero attached hydrogens (tertiary/aromatic N) is 1. The van der Waals surface area contributed by atoms with E-state index in [0.29, 0.717) is 22.3 Å². The lowest BCUT2D eigenvalue weighted by Gasteiger charge is -2.30. The fourth-order valence-corrected chi connectivity index (χ4v) is 2.89. The van der Waals surface area contributed by atoms with Gasteiger partial charge in [0, 0.05) is 19.6 Å². The molecule has 0 spiro atoms. The standard InChI is InChI=1S/C15H20Cl2N2O3/c1-19-7-8-22-10(9-19)5-6-18-15(20)13-11(16)3-4-12(17)14(13)21-2/h3-4,10H,5-9H2,1-2H3,(H,18,20). The van der Waals surface area contributed by atoms with Crippen LogP contribution in [-0.4, -0.2) is 57.3 Å². The molecular weight excluding hydrogens is 327 g/mol. The van der Waals surface area contributed by atoms with E-state index in [4.69, 9.17) is 32.7 Å². The zero-order valence-corrected chi connectivity index (χ0v) is 14.2. The Kier molecular flexibility index (Phi) is 6.32. The van der Waals surface area contributed by atoms with Gasteiger partial charge in [-0.25, -0.2) is 0 Å². The Morgan fingerprint density at radius 2 is 2.18 bits per heavy atom. The van der Waals surface area contributed by atoms with E-state index < -0.39 is 0 Å². The summed E-state index contributed by atoms with van der Waals surface area (Å²) in [6.45, 7) is 3.04. The zero-order valence-electron chi connectivity index (χ0n) is 12.7. The summed E-state index contributed by atoms with van der Waals surface area (Å²) in [4.78, 5) is 14.5. The van der Waals surface area contributed by atoms with E-state index in [9.17, 15) is 4.79 Å². The third-order valence-corrected chi connectivity index (χ3v) is 4.20. The second kappa shape index (κ2) is 8.02. The van der Waals surface area contributed by atoms with Crippen LogP contribution >= 0.6 is 23.2 Å². The molecule has 122 valence electrons. The lowest BCUT2D eigenvalue weighted by atomic mass is 10.1. The van der Waals surface area contributed by atoms with Crippen molar-refractivity contribution in [3.63, 3.8) is 0 Å². The van der Waals surface area contributed by atoms with Crippen LogP contribution in [0.5, 0.6) is 5.75 Å². The minimum atomic E-state index is -0.298. The smallest absolute Gasteiger partial charge is 0.256 e. The molecule has 0 bridgehead atoms. The fraction of sp³-hybridized carbons (Fsp3) is 0.533. The number of benzene rings is 1. The zero-order chi connectivity index (χ0) is 16.1. The van der Waals surface area contributed by atoms with E-state index in [2.05, 4.69) is 17.3 Å². The van der Waals surface area contributed by atoms with Crippen molar-refractivity contribution in [1.82, 2.24) is 10.2 Å². The van der Waals surface area contributed by atoms with E-state index in [1.54, 1.807) is 12.1 Å². The minimum Gasteiger partial charge on any atom is -0.494 e. The summed E-state index contributed by atoms with van der Waals surface area (Å²) in [5.41, 5.74) is 0.262. The quantitative estimate of drug-likeness (QED) is 0.889. The number of carbonyl (C=O) groups excluding carboxylic acids is 1. The first-order chi connectivity index (χ1) is 10.5. The number of nitrogens with one attached hydrogen (secondary N) is 1. The minimum absolute atomic E-state index is 0.135. The van der Waals surface area contributed by atoms with Gasteiger partial charge in [-0.15, -0.1) is 0 Å². The Morgan fingerprint density at radius 1 is 1.45 bits per heavy atom. The SMILES string of the molecule is COc1c(Cl)ccc(Cl)c1C(=O)NCCC1CN(C)CCO1. The lowest BCUT2D eigenvalue weighted by molar-refractivity contribution is -0.0226. The van der Waals surface area contributed by atoms with Crippen LogP contribution in [0.2, 0.25) is 10.0 Å². The first kappa shape index (κ1) is 17.3. The Morgan fingerprint density at radius 3 is 2.86 bits per heavy atom. The van der Waals surface area contributed by atoms with E-state index in [-0.39, 0.29) is 17.6 Å². The number of carbonyl (C=O) groups is 1. The number of halogens is 2. The van der Waals surface area contributed by atoms with Crippen LogP contribution in [0.25, 0.3) is 0 Å². The molecule has 7 heteroatoms. The van der Waals surface area contributed by atoms with Gasteiger partial charge in [0.25, 0.3) is 5.91 Å². The maximum atomic E-state index is 12.3. The highest BCUT2D eigenvalue weighted by atomic mass is 35.5. The normalized spacial score (nSPS) is 19.0. The second-order valence-corrected chi connectivity index (χ2v) is 6.05. The second-order valence-electron chi connectivity index (χ2n) is 5.24. The van der Waals surface area contributed by atoms with Crippen LogP contribution < -0.4 is 10.1 Å². The molecule has 22 heavy (non-hydrogen) atoms. The van der Waals surface area contributed by atoms with Gasteiger partial charge in [-0.1, -0.05) is 23.2 Å². The summed E-state index contributed by atoms with van der Waals surface area (Å²) >= 11 is 12.1. The largest absolute Gasteiger partial charge is 0.494 e. The van der Waals surface area contributed by atoms with Crippen molar-refractivity contribution >= 4 is 29.1 Å². The van der Waals surface area contributed by atoms with Gasteiger partial charge in [0.1, 0.15) is 5.56 Å². The van der Waals surface area contributed by atoms with Crippen LogP contribution in [0.15, 0.2) is 12.1 Å². The van der Waals surface area contributed by atoms with Crippen molar-refractivity contribution in [3.8, 4) is 5.75 Å². The molecule has 1 aliphatic rings. The van der Waals surface area contributed by atoms with Crippen molar-refractivity contribution < 1.29 is 14.3 Å². The Balaban J connectivity index is 1.94. The fourth-order valence-electron chi connectivity index (χ4n) is 2.42. The molecule has 0 radical (unpaired) electrons. The molecule has 1 heterocycles. The highest BCUT2D eigenvalue weighted by Gasteiger charge is 2.21. The molecule has 1 unspecified atom stereocenters. The highest BCUT2D eigenvalue weighted by molar-refractivity contribution is 6.37. The molecule has 0 saturated carbocycles. The lowest BCUT2D eigenvalue weighted by Crippen LogP contribution is -2.41. The number of morpholine rings is 1. The summed E-state index contributed by atoms with van der Waals surface area (Å²) in [6.07, 6.45) is 0.882. The summed E-state index contributed by atoms with van der Waals surface area (Å²) in [5, 5.41) is 3.51. The van der Waals surface area contributed by atoms with Gasteiger partial charge in [-0.2, -0.15) is 0 Å². The average Bonchev–Trinajstić information content (AvgIpc) is 2.49. The molecule has 1 fully saturated rings. The van der Waals surface area contributed by atoms with Crippen molar-refractivity contribution in [2.75, 3.05) is 40.4 Å². The maximum absolute atomic E-state index is 12.3. The molecule has 0 aliphatic carbocycles. The van der Waals surface area contributed by atoms with Gasteiger partial charge < -0.3 is 19.7 Å². The number of likely N-dealkylation sites (N-methyl/N-ethyl adjacent to an activating group) is 1. The predicted molar refractivity (Wildman–Crippen MR) is 87.2 cm³/mol. The molecule has 1 atom stereocenters. The number of ether oxygens (including phenoxy) is 2. The van der Waals surface area contributed by atoms with Crippen LogP contribution in [0.1, 0.15) is 16.8 Å². The van der Waals surface area contributed by atoms with Gasteiger partial charge >= 0.3 is 0 Å². The molecular formula is C15H20Cl2N2O3. The molecule has 0 aromatic heterocycles. The number of hydrogen-bond donors (Lipinski definition) is 1. The Hall–Kier alpha value is -1.01. The van der Waals surface area contributed by atoms with Crippen molar-refractivity contribution in [1.29, 1.82) is 0 Å². The summed E-state index contributed by atoms with van der Waals surface area (Å²) in [6, 6.07) is 3.19. The third kappa shape index (κ3) is 4.26. The van der Waals surface area contributed by atoms with Gasteiger partial charge in [-0.3, -0.25) is 4.79 Å². The first-order valence-corrected chi connectivity index (χ1v) is 7.89. The van der Waals surface area contributed by atoms with Crippen molar-refractivity contribution in [3.05, 3.63) is 27.7 Å². The van der Waals surface area contributed by atoms with Crippen LogP contribution in [0.3, 0.4) is 0 Å². The van der Waals surface area contributed by atoms with Crippen LogP contribution in [0, 0.1) is 0 Å². The van der Waals surface area contributed by atoms with Gasteiger partial charge in [0.2, 0.25) is 0 Å². The van der Waals surface area contributed by atoms with Crippen LogP contribution in [-0.2, 0) is 4.74 Å². The van der Waals surface area contributed by atoms with Gasteiger partial charge in [0.05, 0.1) is 29.9 Å². The average molecular weight is 347 g/mol. The van der Waals surface area contributed by atoms with Crippen molar-refractivity contribution in [2.45, 2.75) is 12.5 Å². The molecule has 1 aromatic rings. The molecule has 1 aromatic carbocycles. The van der Waals surface area contributed by atoms with Crippen molar-refractivity contribution in [2.24, 2.45) is 0 Å². The Labute approximate surface area is 140 Å². The monoisotopic (exact) mass is 346 g/mol. The molecule has 2 rings (SSSR count). The van der Waals surface area contributed by atoms with E-state index in [0.717, 1.165) is 26.1 Å². The third-order valence-electron chi connectivity index (χ3n) is 3.58. The molecule has 1 amide bonds. The maximum Gasteiger partial charge on any atom is 0.256 e. The Bertz CT molecular complexity index is 540. The van der Waals surface area contributed by atoms with E-state index in [1.807, 2.05) is 0 Å². The van der Waals surface area contributed by atoms with E-state index in [1.165, 1.54) is 7.11 Å². The summed E-state index contributed by atoms with van der Waals surface area (Å²) in [5.74, 6) is -0.00571. The molecule has 1 N–H and O–H groups in total. The van der Waals surface area contributed by atoms with Crippen LogP contribution in [0.4, 0.5) is 0 Å². The van der Waals surface area contributed by atoms with Gasteiger partial charge in [-0.05, 0) is 25.6 Å². The molecule has 1 saturated heterocycles. The predicted octanol–water partition coefficient (Wildman–Crippen LogP) is 2.45. The number of amides is 1. The van der Waals surface area contributed by atoms with Gasteiger partial charge in [0.15, 0.2) is 5.75 Å². The molecule has 1 aliphatic heterocycles. The summed E-state index contributed by atoms with van der Waals surface area (Å²) < 4.78 is 10.8.